The van der Waals surface area contributed by atoms with Crippen molar-refractivity contribution in [3.8, 4) is 5.75 Å². The van der Waals surface area contributed by atoms with Crippen molar-refractivity contribution in [1.29, 1.82) is 0 Å². The highest BCUT2D eigenvalue weighted by atomic mass is 79.9. The average molecular weight is 658 g/mol. The van der Waals surface area contributed by atoms with Crippen LogP contribution < -0.4 is 15.4 Å². The maximum atomic E-state index is 13.1. The molecular formula is C24H29BrCl3N3O5S. The summed E-state index contributed by atoms with van der Waals surface area (Å²) < 4.78 is 8.81. The number of para-hydroxylation sites is 2. The van der Waals surface area contributed by atoms with Gasteiger partial charge in [-0.3, -0.25) is 9.59 Å². The van der Waals surface area contributed by atoms with Crippen LogP contribution in [0, 0.1) is 5.92 Å². The standard InChI is InChI=1S/C24H29BrCl3N3O5S/c1-12(14-8-9-14)36-16-7-5-4-6-15(16)29-10-17(32)30-18-20(33)31-19(22(34)35-11-24(26,27)28)23(3,13(2)25)37-21(18)31/h4-7,12-14,18-19,21,29H,8-11H2,1-3H3,(H,30,32)/t12?,13?,18?,19?,21-,23?/m1/s1. The molecule has 6 atom stereocenters. The fourth-order valence-corrected chi connectivity index (χ4v) is 6.93. The molecule has 13 heteroatoms. The van der Waals surface area contributed by atoms with Gasteiger partial charge in [-0.2, -0.15) is 0 Å². The van der Waals surface area contributed by atoms with E-state index >= 15 is 0 Å². The van der Waals surface area contributed by atoms with Crippen LogP contribution in [0.15, 0.2) is 24.3 Å². The van der Waals surface area contributed by atoms with Gasteiger partial charge in [0.05, 0.1) is 23.1 Å². The van der Waals surface area contributed by atoms with E-state index in [4.69, 9.17) is 44.3 Å². The van der Waals surface area contributed by atoms with Crippen molar-refractivity contribution in [3.63, 3.8) is 0 Å². The normalized spacial score (nSPS) is 28.6. The van der Waals surface area contributed by atoms with Crippen LogP contribution in [0.1, 0.15) is 33.6 Å². The van der Waals surface area contributed by atoms with E-state index in [0.29, 0.717) is 17.4 Å². The average Bonchev–Trinajstić information content (AvgIpc) is 3.64. The van der Waals surface area contributed by atoms with Gasteiger partial charge in [-0.05, 0) is 44.7 Å². The Morgan fingerprint density at radius 1 is 1.27 bits per heavy atom. The Morgan fingerprint density at radius 3 is 2.57 bits per heavy atom. The first kappa shape index (κ1) is 28.9. The van der Waals surface area contributed by atoms with Crippen molar-refractivity contribution in [1.82, 2.24) is 10.2 Å². The summed E-state index contributed by atoms with van der Waals surface area (Å²) in [5.41, 5.74) is 0.708. The molecule has 3 aliphatic rings. The minimum Gasteiger partial charge on any atom is -0.488 e. The number of benzene rings is 1. The number of fused-ring (bicyclic) bond motifs is 1. The van der Waals surface area contributed by atoms with Crippen molar-refractivity contribution in [3.05, 3.63) is 24.3 Å². The van der Waals surface area contributed by atoms with E-state index in [2.05, 4.69) is 33.5 Å². The summed E-state index contributed by atoms with van der Waals surface area (Å²) in [6.07, 6.45) is 2.45. The molecule has 0 bridgehead atoms. The monoisotopic (exact) mass is 655 g/mol. The number of carbonyl (C=O) groups excluding carboxylic acids is 3. The van der Waals surface area contributed by atoms with E-state index in [1.807, 2.05) is 38.1 Å². The summed E-state index contributed by atoms with van der Waals surface area (Å²) in [6.45, 7) is 5.33. The van der Waals surface area contributed by atoms with Crippen molar-refractivity contribution in [2.24, 2.45) is 5.92 Å². The van der Waals surface area contributed by atoms with Crippen LogP contribution in [0.3, 0.4) is 0 Å². The summed E-state index contributed by atoms with van der Waals surface area (Å²) in [5.74, 6) is -0.110. The highest BCUT2D eigenvalue weighted by molar-refractivity contribution is 9.09. The molecule has 204 valence electrons. The number of halogens is 4. The van der Waals surface area contributed by atoms with Crippen LogP contribution in [0.2, 0.25) is 0 Å². The number of nitrogens with one attached hydrogen (secondary N) is 2. The van der Waals surface area contributed by atoms with Crippen LogP contribution >= 0.6 is 62.5 Å². The minimum atomic E-state index is -1.76. The molecule has 0 radical (unpaired) electrons. The van der Waals surface area contributed by atoms with Gasteiger partial charge in [-0.1, -0.05) is 69.8 Å². The van der Waals surface area contributed by atoms with E-state index in [-0.39, 0.29) is 29.3 Å². The molecular weight excluding hydrogens is 629 g/mol. The molecule has 2 heterocycles. The maximum absolute atomic E-state index is 13.1. The van der Waals surface area contributed by atoms with Gasteiger partial charge in [0.25, 0.3) is 0 Å². The molecule has 1 aliphatic carbocycles. The molecule has 2 amide bonds. The number of hydrogen-bond donors (Lipinski definition) is 2. The van der Waals surface area contributed by atoms with Crippen LogP contribution in [0.25, 0.3) is 0 Å². The van der Waals surface area contributed by atoms with Gasteiger partial charge < -0.3 is 25.0 Å². The zero-order valence-corrected chi connectivity index (χ0v) is 25.2. The van der Waals surface area contributed by atoms with E-state index in [1.165, 1.54) is 29.5 Å². The van der Waals surface area contributed by atoms with Crippen molar-refractivity contribution >= 4 is 86.0 Å². The van der Waals surface area contributed by atoms with Gasteiger partial charge in [0.15, 0.2) is 0 Å². The Bertz CT molecular complexity index is 1060. The molecule has 1 aromatic rings. The van der Waals surface area contributed by atoms with Crippen molar-refractivity contribution in [2.45, 2.75) is 70.5 Å². The van der Waals surface area contributed by atoms with Gasteiger partial charge in [-0.25, -0.2) is 4.79 Å². The quantitative estimate of drug-likeness (QED) is 0.217. The molecule has 1 saturated carbocycles. The smallest absolute Gasteiger partial charge is 0.330 e. The number of amides is 2. The third-order valence-electron chi connectivity index (χ3n) is 6.91. The number of alkyl halides is 4. The largest absolute Gasteiger partial charge is 0.488 e. The third-order valence-corrected chi connectivity index (χ3v) is 10.3. The second-order valence-corrected chi connectivity index (χ2v) is 15.2. The van der Waals surface area contributed by atoms with Crippen LogP contribution in [-0.2, 0) is 19.1 Å². The lowest BCUT2D eigenvalue weighted by molar-refractivity contribution is -0.164. The fraction of sp³-hybridized carbons (Fsp3) is 0.625. The summed E-state index contributed by atoms with van der Waals surface area (Å²) in [6, 6.07) is 5.79. The van der Waals surface area contributed by atoms with Crippen LogP contribution in [-0.4, -0.2) is 72.8 Å². The number of β-lactam (4-membered cyclic amide) rings is 1. The molecule has 37 heavy (non-hydrogen) atoms. The fourth-order valence-electron chi connectivity index (χ4n) is 4.49. The van der Waals surface area contributed by atoms with E-state index in [1.54, 1.807) is 0 Å². The number of nitrogens with zero attached hydrogens (tertiary/aromatic N) is 1. The Balaban J connectivity index is 1.37. The molecule has 4 rings (SSSR count). The Hall–Kier alpha value is -1.07. The SMILES string of the molecule is CC(Oc1ccccc1NCC(=O)NC1C(=O)N2C(C(=O)OCC(Cl)(Cl)Cl)C(C)(C(C)Br)S[C@H]12)C1CC1. The number of esters is 1. The Kier molecular flexibility index (Phi) is 8.75. The molecule has 0 spiro atoms. The maximum Gasteiger partial charge on any atom is 0.330 e. The Labute approximate surface area is 243 Å². The zero-order chi connectivity index (χ0) is 27.1. The molecule has 1 aromatic carbocycles. The zero-order valence-electron chi connectivity index (χ0n) is 20.5. The molecule has 8 nitrogen and oxygen atoms in total. The second kappa shape index (κ2) is 11.2. The van der Waals surface area contributed by atoms with E-state index in [9.17, 15) is 14.4 Å². The first-order valence-corrected chi connectivity index (χ1v) is 14.9. The van der Waals surface area contributed by atoms with Gasteiger partial charge in [0.2, 0.25) is 15.6 Å². The van der Waals surface area contributed by atoms with Gasteiger partial charge >= 0.3 is 5.97 Å². The van der Waals surface area contributed by atoms with E-state index in [0.717, 1.165) is 0 Å². The van der Waals surface area contributed by atoms with Gasteiger partial charge in [-0.15, -0.1) is 11.8 Å². The number of carbonyl (C=O) groups is 3. The number of hydrogen-bond acceptors (Lipinski definition) is 7. The van der Waals surface area contributed by atoms with Crippen LogP contribution in [0.4, 0.5) is 5.69 Å². The predicted octanol–water partition coefficient (Wildman–Crippen LogP) is 4.50. The molecule has 5 unspecified atom stereocenters. The summed E-state index contributed by atoms with van der Waals surface area (Å²) in [7, 11) is 0. The first-order valence-electron chi connectivity index (χ1n) is 12.0. The lowest BCUT2D eigenvalue weighted by Gasteiger charge is -2.44. The predicted molar refractivity (Wildman–Crippen MR) is 150 cm³/mol. The highest BCUT2D eigenvalue weighted by Crippen LogP contribution is 2.54. The number of thioether (sulfide) groups is 1. The van der Waals surface area contributed by atoms with Gasteiger partial charge in [0.1, 0.15) is 29.8 Å². The van der Waals surface area contributed by atoms with Gasteiger partial charge in [0, 0.05) is 4.83 Å². The molecule has 0 aromatic heterocycles. The molecule has 3 fully saturated rings. The Morgan fingerprint density at radius 2 is 1.95 bits per heavy atom. The lowest BCUT2D eigenvalue weighted by atomic mass is 9.92. The highest BCUT2D eigenvalue weighted by Gasteiger charge is 2.67. The summed E-state index contributed by atoms with van der Waals surface area (Å²) in [5, 5.41) is 5.49. The number of anilines is 1. The topological polar surface area (TPSA) is 97.0 Å². The van der Waals surface area contributed by atoms with Crippen molar-refractivity contribution in [2.75, 3.05) is 18.5 Å². The third kappa shape index (κ3) is 6.40. The van der Waals surface area contributed by atoms with Crippen molar-refractivity contribution < 1.29 is 23.9 Å². The second-order valence-electron chi connectivity index (χ2n) is 9.73. The number of ether oxygens (including phenoxy) is 2. The first-order chi connectivity index (χ1) is 17.3. The van der Waals surface area contributed by atoms with E-state index < -0.39 is 38.6 Å². The number of rotatable bonds is 10. The summed E-state index contributed by atoms with van der Waals surface area (Å²) >= 11 is 22.2. The molecule has 2 aliphatic heterocycles. The molecule has 2 saturated heterocycles. The summed E-state index contributed by atoms with van der Waals surface area (Å²) in [4.78, 5) is 40.1. The molecule has 2 N–H and O–H groups in total. The van der Waals surface area contributed by atoms with Crippen LogP contribution in [0.5, 0.6) is 5.75 Å². The minimum absolute atomic E-state index is 0.0415. The lowest BCUT2D eigenvalue weighted by Crippen LogP contribution is -2.71.